The molecule has 0 saturated heterocycles. The molecule has 0 aliphatic heterocycles. The predicted molar refractivity (Wildman–Crippen MR) is 47.4 cm³/mol. The highest BCUT2D eigenvalue weighted by atomic mass is 32.1. The van der Waals surface area contributed by atoms with Gasteiger partial charge in [0, 0.05) is 6.54 Å². The van der Waals surface area contributed by atoms with Crippen LogP contribution in [0.25, 0.3) is 10.2 Å². The van der Waals surface area contributed by atoms with Crippen molar-refractivity contribution in [3.8, 4) is 0 Å². The molecule has 2 N–H and O–H groups in total. The average Bonchev–Trinajstić information content (AvgIpc) is 2.56. The van der Waals surface area contributed by atoms with E-state index < -0.39 is 11.6 Å². The average molecular weight is 200 g/mol. The van der Waals surface area contributed by atoms with Gasteiger partial charge in [0.05, 0.1) is 4.70 Å². The van der Waals surface area contributed by atoms with Crippen LogP contribution in [0.2, 0.25) is 0 Å². The van der Waals surface area contributed by atoms with Gasteiger partial charge >= 0.3 is 0 Å². The molecule has 0 atom stereocenters. The van der Waals surface area contributed by atoms with Crippen LogP contribution in [-0.4, -0.2) is 4.98 Å². The summed E-state index contributed by atoms with van der Waals surface area (Å²) in [6, 6.07) is 2.16. The van der Waals surface area contributed by atoms with Crippen LogP contribution in [-0.2, 0) is 6.54 Å². The second-order valence-corrected chi connectivity index (χ2v) is 3.60. The Morgan fingerprint density at radius 3 is 2.62 bits per heavy atom. The van der Waals surface area contributed by atoms with Crippen molar-refractivity contribution in [3.63, 3.8) is 0 Å². The molecule has 2 rings (SSSR count). The number of hydrogen-bond donors (Lipinski definition) is 1. The minimum Gasteiger partial charge on any atom is -0.325 e. The summed E-state index contributed by atoms with van der Waals surface area (Å²) in [5.41, 5.74) is 5.39. The lowest BCUT2D eigenvalue weighted by Gasteiger charge is -1.90. The molecule has 0 bridgehead atoms. The summed E-state index contributed by atoms with van der Waals surface area (Å²) in [6.07, 6.45) is 0. The largest absolute Gasteiger partial charge is 0.325 e. The highest BCUT2D eigenvalue weighted by Crippen LogP contribution is 2.26. The molecule has 2 nitrogen and oxygen atoms in total. The van der Waals surface area contributed by atoms with Crippen LogP contribution in [0.3, 0.4) is 0 Å². The van der Waals surface area contributed by atoms with E-state index in [1.54, 1.807) is 0 Å². The molecular formula is C8H6F2N2S. The zero-order valence-electron chi connectivity index (χ0n) is 6.55. The van der Waals surface area contributed by atoms with Crippen molar-refractivity contribution in [3.05, 3.63) is 28.8 Å². The van der Waals surface area contributed by atoms with Gasteiger partial charge in [0.15, 0.2) is 5.82 Å². The third kappa shape index (κ3) is 1.30. The first-order valence-electron chi connectivity index (χ1n) is 3.66. The maximum Gasteiger partial charge on any atom is 0.150 e. The minimum absolute atomic E-state index is 0.0745. The van der Waals surface area contributed by atoms with Crippen molar-refractivity contribution in [1.82, 2.24) is 4.98 Å². The van der Waals surface area contributed by atoms with Gasteiger partial charge < -0.3 is 5.73 Å². The fourth-order valence-corrected chi connectivity index (χ4v) is 1.94. The topological polar surface area (TPSA) is 38.9 Å². The number of nitrogens with zero attached hydrogens (tertiary/aromatic N) is 1. The van der Waals surface area contributed by atoms with Gasteiger partial charge in [0.2, 0.25) is 0 Å². The van der Waals surface area contributed by atoms with Crippen molar-refractivity contribution in [2.75, 3.05) is 0 Å². The number of halogens is 2. The van der Waals surface area contributed by atoms with Gasteiger partial charge in [0.25, 0.3) is 0 Å². The van der Waals surface area contributed by atoms with Gasteiger partial charge in [-0.2, -0.15) is 0 Å². The van der Waals surface area contributed by atoms with Gasteiger partial charge in [0.1, 0.15) is 16.3 Å². The van der Waals surface area contributed by atoms with E-state index >= 15 is 0 Å². The van der Waals surface area contributed by atoms with Crippen LogP contribution in [0.5, 0.6) is 0 Å². The van der Waals surface area contributed by atoms with E-state index in [2.05, 4.69) is 4.98 Å². The SMILES string of the molecule is NCc1nc2c(F)ccc(F)c2s1. The molecule has 5 heteroatoms. The second-order valence-electron chi connectivity index (χ2n) is 2.52. The number of benzene rings is 1. The Morgan fingerprint density at radius 2 is 2.00 bits per heavy atom. The highest BCUT2D eigenvalue weighted by molar-refractivity contribution is 7.18. The normalized spacial score (nSPS) is 11.0. The zero-order valence-corrected chi connectivity index (χ0v) is 7.37. The molecule has 1 aromatic heterocycles. The Balaban J connectivity index is 2.80. The van der Waals surface area contributed by atoms with E-state index in [0.717, 1.165) is 23.5 Å². The molecule has 68 valence electrons. The molecular weight excluding hydrogens is 194 g/mol. The maximum atomic E-state index is 13.1. The van der Waals surface area contributed by atoms with Crippen molar-refractivity contribution in [2.45, 2.75) is 6.54 Å². The van der Waals surface area contributed by atoms with E-state index in [4.69, 9.17) is 5.73 Å². The third-order valence-electron chi connectivity index (χ3n) is 1.67. The number of hydrogen-bond acceptors (Lipinski definition) is 3. The molecule has 13 heavy (non-hydrogen) atoms. The Labute approximate surface area is 77.0 Å². The van der Waals surface area contributed by atoms with Gasteiger partial charge in [-0.3, -0.25) is 0 Å². The van der Waals surface area contributed by atoms with E-state index in [1.165, 1.54) is 0 Å². The molecule has 1 heterocycles. The summed E-state index contributed by atoms with van der Waals surface area (Å²) >= 11 is 1.09. The van der Waals surface area contributed by atoms with Crippen LogP contribution >= 0.6 is 11.3 Å². The Hall–Kier alpha value is -1.07. The molecule has 0 spiro atoms. The van der Waals surface area contributed by atoms with Crippen LogP contribution in [0.4, 0.5) is 8.78 Å². The molecule has 0 radical (unpaired) electrons. The lowest BCUT2D eigenvalue weighted by molar-refractivity contribution is 0.617. The van der Waals surface area contributed by atoms with Gasteiger partial charge in [-0.15, -0.1) is 11.3 Å². The maximum absolute atomic E-state index is 13.1. The van der Waals surface area contributed by atoms with E-state index in [0.29, 0.717) is 5.01 Å². The summed E-state index contributed by atoms with van der Waals surface area (Å²) in [7, 11) is 0. The number of thiazole rings is 1. The fourth-order valence-electron chi connectivity index (χ4n) is 1.08. The summed E-state index contributed by atoms with van der Waals surface area (Å²) in [4.78, 5) is 3.87. The first-order chi connectivity index (χ1) is 6.22. The lowest BCUT2D eigenvalue weighted by Crippen LogP contribution is -1.94. The van der Waals surface area contributed by atoms with Crippen LogP contribution in [0.1, 0.15) is 5.01 Å². The van der Waals surface area contributed by atoms with Gasteiger partial charge in [-0.05, 0) is 12.1 Å². The minimum atomic E-state index is -0.507. The monoisotopic (exact) mass is 200 g/mol. The first-order valence-corrected chi connectivity index (χ1v) is 4.47. The molecule has 1 aromatic carbocycles. The van der Waals surface area contributed by atoms with Crippen molar-refractivity contribution >= 4 is 21.6 Å². The number of aromatic nitrogens is 1. The Bertz CT molecular complexity index is 414. The zero-order chi connectivity index (χ0) is 9.42. The van der Waals surface area contributed by atoms with E-state index in [9.17, 15) is 8.78 Å². The molecule has 2 aromatic rings. The Morgan fingerprint density at radius 1 is 1.31 bits per heavy atom. The molecule has 0 saturated carbocycles. The number of rotatable bonds is 1. The first kappa shape index (κ1) is 8.52. The fraction of sp³-hybridized carbons (Fsp3) is 0.125. The lowest BCUT2D eigenvalue weighted by atomic mass is 10.3. The highest BCUT2D eigenvalue weighted by Gasteiger charge is 2.11. The smallest absolute Gasteiger partial charge is 0.150 e. The standard InChI is InChI=1S/C8H6F2N2S/c9-4-1-2-5(10)8-7(4)12-6(3-11)13-8/h1-2H,3,11H2. The van der Waals surface area contributed by atoms with Gasteiger partial charge in [-0.1, -0.05) is 0 Å². The molecule has 0 unspecified atom stereocenters. The molecule has 0 aliphatic rings. The van der Waals surface area contributed by atoms with Crippen molar-refractivity contribution in [2.24, 2.45) is 5.73 Å². The van der Waals surface area contributed by atoms with Crippen LogP contribution in [0, 0.1) is 11.6 Å². The van der Waals surface area contributed by atoms with E-state index in [1.807, 2.05) is 0 Å². The quantitative estimate of drug-likeness (QED) is 0.765. The second kappa shape index (κ2) is 3.01. The molecule has 0 amide bonds. The summed E-state index contributed by atoms with van der Waals surface area (Å²) < 4.78 is 26.4. The molecule has 0 fully saturated rings. The number of fused-ring (bicyclic) bond motifs is 1. The number of nitrogens with two attached hydrogens (primary N) is 1. The Kier molecular flexibility index (Phi) is 1.97. The van der Waals surface area contributed by atoms with Crippen LogP contribution in [0.15, 0.2) is 12.1 Å². The summed E-state index contributed by atoms with van der Waals surface area (Å²) in [6.45, 7) is 0.207. The predicted octanol–water partition coefficient (Wildman–Crippen LogP) is 2.03. The van der Waals surface area contributed by atoms with E-state index in [-0.39, 0.29) is 16.8 Å². The van der Waals surface area contributed by atoms with Crippen molar-refractivity contribution in [1.29, 1.82) is 0 Å². The van der Waals surface area contributed by atoms with Gasteiger partial charge in [-0.25, -0.2) is 13.8 Å². The summed E-state index contributed by atoms with van der Waals surface area (Å²) in [5, 5.41) is 0.541. The summed E-state index contributed by atoms with van der Waals surface area (Å²) in [5.74, 6) is -0.957. The third-order valence-corrected chi connectivity index (χ3v) is 2.75. The van der Waals surface area contributed by atoms with Crippen LogP contribution < -0.4 is 5.73 Å². The molecule has 0 aliphatic carbocycles. The van der Waals surface area contributed by atoms with Crippen molar-refractivity contribution < 1.29 is 8.78 Å².